The minimum Gasteiger partial charge on any atom is -0.493 e. The number of carbonyl (C=O) groups is 2. The van der Waals surface area contributed by atoms with Gasteiger partial charge in [-0.1, -0.05) is 13.0 Å². The van der Waals surface area contributed by atoms with Gasteiger partial charge in [-0.25, -0.2) is 4.39 Å². The molecule has 1 aromatic carbocycles. The van der Waals surface area contributed by atoms with Crippen molar-refractivity contribution in [2.75, 3.05) is 12.4 Å². The first kappa shape index (κ1) is 25.3. The van der Waals surface area contributed by atoms with Crippen LogP contribution in [-0.2, 0) is 9.53 Å². The molecule has 2 heterocycles. The van der Waals surface area contributed by atoms with Gasteiger partial charge in [-0.2, -0.15) is 17.6 Å². The summed E-state index contributed by atoms with van der Waals surface area (Å²) in [6.07, 6.45) is -5.47. The molecule has 12 heteroatoms. The number of carbonyl (C=O) groups excluding carboxylic acids is 2. The van der Waals surface area contributed by atoms with E-state index in [9.17, 15) is 31.5 Å². The van der Waals surface area contributed by atoms with Gasteiger partial charge >= 0.3 is 6.18 Å². The van der Waals surface area contributed by atoms with E-state index in [0.717, 1.165) is 26.2 Å². The maximum Gasteiger partial charge on any atom is 0.417 e. The SMILES string of the molecule is COc1c([C@H]2[C@@H](C(=O)Nc3ccnc(C(N)=O)c3C)O[C@](C)(C(F)(F)F)[C@@H]2C)ccc(F)c1F. The highest BCUT2D eigenvalue weighted by molar-refractivity contribution is 5.99. The number of hydrogen-bond donors (Lipinski definition) is 2. The fraction of sp³-hybridized carbons (Fsp3) is 0.409. The highest BCUT2D eigenvalue weighted by Gasteiger charge is 2.65. The van der Waals surface area contributed by atoms with Gasteiger partial charge in [0.2, 0.25) is 5.82 Å². The molecule has 1 aliphatic heterocycles. The quantitative estimate of drug-likeness (QED) is 0.624. The normalized spacial score (nSPS) is 24.7. The smallest absolute Gasteiger partial charge is 0.417 e. The molecule has 3 N–H and O–H groups in total. The number of nitrogens with two attached hydrogens (primary N) is 1. The summed E-state index contributed by atoms with van der Waals surface area (Å²) in [6, 6.07) is 3.13. The molecule has 1 aliphatic rings. The van der Waals surface area contributed by atoms with Gasteiger partial charge in [0.25, 0.3) is 11.8 Å². The van der Waals surface area contributed by atoms with Crippen molar-refractivity contribution < 1.29 is 41.0 Å². The van der Waals surface area contributed by atoms with Gasteiger partial charge in [0.05, 0.1) is 7.11 Å². The van der Waals surface area contributed by atoms with Crippen LogP contribution in [0.4, 0.5) is 27.6 Å². The maximum absolute atomic E-state index is 14.4. The Morgan fingerprint density at radius 3 is 2.44 bits per heavy atom. The molecular formula is C22H22F5N3O4. The molecule has 3 rings (SSSR count). The monoisotopic (exact) mass is 487 g/mol. The van der Waals surface area contributed by atoms with Gasteiger partial charge in [0.1, 0.15) is 11.8 Å². The fourth-order valence-electron chi connectivity index (χ4n) is 4.16. The van der Waals surface area contributed by atoms with Crippen LogP contribution in [0.25, 0.3) is 0 Å². The Bertz CT molecular complexity index is 1140. The van der Waals surface area contributed by atoms with Crippen LogP contribution in [0, 0.1) is 24.5 Å². The lowest BCUT2D eigenvalue weighted by atomic mass is 9.77. The van der Waals surface area contributed by atoms with Gasteiger partial charge < -0.3 is 20.5 Å². The predicted octanol–water partition coefficient (Wildman–Crippen LogP) is 3.85. The number of alkyl halides is 3. The van der Waals surface area contributed by atoms with Gasteiger partial charge in [-0.3, -0.25) is 14.6 Å². The number of nitrogens with one attached hydrogen (secondary N) is 1. The Morgan fingerprint density at radius 2 is 1.88 bits per heavy atom. The lowest BCUT2D eigenvalue weighted by molar-refractivity contribution is -0.272. The second-order valence-electron chi connectivity index (χ2n) is 8.13. The summed E-state index contributed by atoms with van der Waals surface area (Å²) >= 11 is 0. The first-order valence-corrected chi connectivity index (χ1v) is 10.1. The summed E-state index contributed by atoms with van der Waals surface area (Å²) < 4.78 is 80.4. The van der Waals surface area contributed by atoms with Crippen LogP contribution in [0.2, 0.25) is 0 Å². The third-order valence-corrected chi connectivity index (χ3v) is 6.27. The largest absolute Gasteiger partial charge is 0.493 e. The van der Waals surface area contributed by atoms with E-state index in [1.807, 2.05) is 0 Å². The van der Waals surface area contributed by atoms with Crippen LogP contribution in [0.1, 0.15) is 41.4 Å². The number of methoxy groups -OCH3 is 1. The van der Waals surface area contributed by atoms with E-state index >= 15 is 0 Å². The van der Waals surface area contributed by atoms with E-state index in [4.69, 9.17) is 15.2 Å². The molecule has 0 bridgehead atoms. The molecule has 0 spiro atoms. The zero-order valence-electron chi connectivity index (χ0n) is 18.6. The lowest BCUT2D eigenvalue weighted by Crippen LogP contribution is -2.47. The van der Waals surface area contributed by atoms with Crippen LogP contribution in [0.3, 0.4) is 0 Å². The van der Waals surface area contributed by atoms with Gasteiger partial charge in [0.15, 0.2) is 17.2 Å². The molecular weight excluding hydrogens is 465 g/mol. The summed E-state index contributed by atoms with van der Waals surface area (Å²) in [5.74, 6) is -7.92. The standard InChI is InChI=1S/C22H22F5N3O4/c1-9-13(7-8-29-16(9)19(28)31)30-20(32)18-14(10(2)21(3,34-18)22(25,26)27)11-5-6-12(23)15(24)17(11)33-4/h5-8,10,14,18H,1-4H3,(H2,28,31)(H,29,30,32)/t10-,14+,18+,21+/m1/s1. The highest BCUT2D eigenvalue weighted by atomic mass is 19.4. The van der Waals surface area contributed by atoms with Crippen LogP contribution in [0.5, 0.6) is 5.75 Å². The average molecular weight is 487 g/mol. The topological polar surface area (TPSA) is 104 Å². The molecule has 1 aromatic heterocycles. The minimum absolute atomic E-state index is 0.0710. The molecule has 0 saturated carbocycles. The zero-order chi connectivity index (χ0) is 25.6. The van der Waals surface area contributed by atoms with E-state index in [0.29, 0.717) is 0 Å². The molecule has 0 radical (unpaired) electrons. The lowest BCUT2D eigenvalue weighted by Gasteiger charge is -2.32. The summed E-state index contributed by atoms with van der Waals surface area (Å²) in [4.78, 5) is 28.5. The van der Waals surface area contributed by atoms with E-state index in [1.54, 1.807) is 0 Å². The molecule has 1 saturated heterocycles. The number of ether oxygens (including phenoxy) is 2. The molecule has 0 aliphatic carbocycles. The van der Waals surface area contributed by atoms with Gasteiger partial charge in [-0.05, 0) is 26.0 Å². The van der Waals surface area contributed by atoms with E-state index < -0.39 is 58.9 Å². The Morgan fingerprint density at radius 1 is 1.24 bits per heavy atom. The van der Waals surface area contributed by atoms with Gasteiger partial charge in [-0.15, -0.1) is 0 Å². The number of nitrogens with zero attached hydrogens (tertiary/aromatic N) is 1. The minimum atomic E-state index is -4.89. The summed E-state index contributed by atoms with van der Waals surface area (Å²) in [5.41, 5.74) is 2.42. The molecule has 34 heavy (non-hydrogen) atoms. The molecule has 0 unspecified atom stereocenters. The maximum atomic E-state index is 14.4. The number of rotatable bonds is 5. The second-order valence-corrected chi connectivity index (χ2v) is 8.13. The van der Waals surface area contributed by atoms with Crippen molar-refractivity contribution in [3.05, 3.63) is 52.9 Å². The van der Waals surface area contributed by atoms with Crippen LogP contribution >= 0.6 is 0 Å². The summed E-state index contributed by atoms with van der Waals surface area (Å²) in [5, 5.41) is 2.43. The Balaban J connectivity index is 2.11. The van der Waals surface area contributed by atoms with Crippen molar-refractivity contribution in [1.82, 2.24) is 4.98 Å². The van der Waals surface area contributed by atoms with Crippen LogP contribution in [0.15, 0.2) is 24.4 Å². The third kappa shape index (κ3) is 4.06. The van der Waals surface area contributed by atoms with Crippen molar-refractivity contribution in [1.29, 1.82) is 0 Å². The van der Waals surface area contributed by atoms with E-state index in [1.165, 1.54) is 26.1 Å². The van der Waals surface area contributed by atoms with Crippen molar-refractivity contribution in [3.8, 4) is 5.75 Å². The van der Waals surface area contributed by atoms with E-state index in [-0.39, 0.29) is 22.5 Å². The Labute approximate surface area is 191 Å². The number of aromatic nitrogens is 1. The Hall–Kier alpha value is -3.28. The number of pyridine rings is 1. The fourth-order valence-corrected chi connectivity index (χ4v) is 4.16. The highest BCUT2D eigenvalue weighted by Crippen LogP contribution is 2.55. The van der Waals surface area contributed by atoms with Crippen molar-refractivity contribution in [2.45, 2.75) is 44.6 Å². The molecule has 184 valence electrons. The second kappa shape index (κ2) is 8.82. The molecule has 2 aromatic rings. The van der Waals surface area contributed by atoms with Crippen molar-refractivity contribution >= 4 is 17.5 Å². The molecule has 2 amide bonds. The van der Waals surface area contributed by atoms with Crippen LogP contribution < -0.4 is 15.8 Å². The number of hydrogen-bond acceptors (Lipinski definition) is 5. The van der Waals surface area contributed by atoms with Gasteiger partial charge in [0, 0.05) is 34.8 Å². The molecule has 4 atom stereocenters. The number of anilines is 1. The number of amides is 2. The van der Waals surface area contributed by atoms with Crippen molar-refractivity contribution in [3.63, 3.8) is 0 Å². The first-order valence-electron chi connectivity index (χ1n) is 10.1. The first-order chi connectivity index (χ1) is 15.7. The van der Waals surface area contributed by atoms with Crippen molar-refractivity contribution in [2.24, 2.45) is 11.7 Å². The zero-order valence-corrected chi connectivity index (χ0v) is 18.6. The average Bonchev–Trinajstić information content (AvgIpc) is 3.03. The van der Waals surface area contributed by atoms with E-state index in [2.05, 4.69) is 10.3 Å². The molecule has 7 nitrogen and oxygen atoms in total. The third-order valence-electron chi connectivity index (χ3n) is 6.27. The number of halogens is 5. The summed E-state index contributed by atoms with van der Waals surface area (Å²) in [7, 11) is 1.03. The summed E-state index contributed by atoms with van der Waals surface area (Å²) in [6.45, 7) is 3.43. The Kier molecular flexibility index (Phi) is 6.57. The predicted molar refractivity (Wildman–Crippen MR) is 110 cm³/mol. The number of benzene rings is 1. The van der Waals surface area contributed by atoms with Crippen LogP contribution in [-0.4, -0.2) is 41.8 Å². The molecule has 1 fully saturated rings. The number of primary amides is 1.